The number of phosphoric acid groups is 1. The number of aryl methyl sites for hydroxylation is 2. The lowest BCUT2D eigenvalue weighted by atomic mass is 9.78. The van der Waals surface area contributed by atoms with Crippen LogP contribution in [-0.4, -0.2) is 61.3 Å². The van der Waals surface area contributed by atoms with Crippen molar-refractivity contribution in [2.45, 2.75) is 70.0 Å². The number of primary amides is 1. The Bertz CT molecular complexity index is 1730. The Labute approximate surface area is 280 Å². The first-order chi connectivity index (χ1) is 22.0. The van der Waals surface area contributed by atoms with Crippen LogP contribution < -0.4 is 26.2 Å². The number of hydrogen-bond acceptors (Lipinski definition) is 6. The van der Waals surface area contributed by atoms with Crippen LogP contribution in [0.25, 0.3) is 10.9 Å². The van der Waals surface area contributed by atoms with Gasteiger partial charge >= 0.3 is 13.9 Å². The number of nitrogens with one attached hydrogen (secondary N) is 4. The summed E-state index contributed by atoms with van der Waals surface area (Å²) in [5.74, 6) is -2.55. The molecule has 254 valence electrons. The van der Waals surface area contributed by atoms with Crippen molar-refractivity contribution < 1.29 is 43.2 Å². The van der Waals surface area contributed by atoms with E-state index in [-0.39, 0.29) is 37.4 Å². The van der Waals surface area contributed by atoms with Crippen LogP contribution in [0.15, 0.2) is 36.4 Å². The van der Waals surface area contributed by atoms with Gasteiger partial charge in [0.2, 0.25) is 17.7 Å². The number of hydrogen-bond donors (Lipinski definition) is 8. The first-order valence-electron chi connectivity index (χ1n) is 14.8. The molecule has 9 N–H and O–H groups in total. The standard InChI is InChI=1S/C30H36Cl2N5O9P/c1-3-15(2)24(26(33)38)36-28(40)30(11-10-22-20(14-30)19-12-17(31)13-21(32)25(19)34-22)37-27(39)23(35-29(41)42)9-6-16-4-7-18(8-5-16)46-47(43,44)45/h4-5,7-8,12-13,15,23-24,34-35H,3,6,9-11,14H2,1-2H3,(H2,33,38)(H,36,40)(H,37,39)(H,41,42)(H2,43,44,45). The van der Waals surface area contributed by atoms with Gasteiger partial charge in [-0.15, -0.1) is 0 Å². The fraction of sp³-hybridized carbons (Fsp3) is 0.400. The van der Waals surface area contributed by atoms with Crippen molar-refractivity contribution in [3.63, 3.8) is 0 Å². The Morgan fingerprint density at radius 1 is 1.13 bits per heavy atom. The van der Waals surface area contributed by atoms with Crippen molar-refractivity contribution in [1.82, 2.24) is 20.9 Å². The van der Waals surface area contributed by atoms with Crippen molar-refractivity contribution in [1.29, 1.82) is 0 Å². The van der Waals surface area contributed by atoms with Crippen LogP contribution in [0.2, 0.25) is 10.0 Å². The molecule has 0 aliphatic heterocycles. The number of carbonyl (C=O) groups is 4. The van der Waals surface area contributed by atoms with Crippen LogP contribution in [0.5, 0.6) is 5.75 Å². The van der Waals surface area contributed by atoms with Gasteiger partial charge in [0.1, 0.15) is 23.4 Å². The highest BCUT2D eigenvalue weighted by Crippen LogP contribution is 2.39. The summed E-state index contributed by atoms with van der Waals surface area (Å²) in [5, 5.41) is 18.7. The molecule has 1 aliphatic carbocycles. The highest BCUT2D eigenvalue weighted by Gasteiger charge is 2.46. The summed E-state index contributed by atoms with van der Waals surface area (Å²) < 4.78 is 15.6. The highest BCUT2D eigenvalue weighted by atomic mass is 35.5. The molecule has 4 amide bonds. The van der Waals surface area contributed by atoms with Gasteiger partial charge < -0.3 is 36.3 Å². The number of carboxylic acid groups (broad SMARTS) is 1. The number of amides is 4. The molecule has 1 heterocycles. The van der Waals surface area contributed by atoms with Crippen molar-refractivity contribution in [2.24, 2.45) is 11.7 Å². The minimum absolute atomic E-state index is 0.0244. The van der Waals surface area contributed by atoms with Gasteiger partial charge in [-0.3, -0.25) is 24.2 Å². The third-order valence-electron chi connectivity index (χ3n) is 8.39. The molecule has 17 heteroatoms. The van der Waals surface area contributed by atoms with Gasteiger partial charge in [-0.05, 0) is 67.0 Å². The SMILES string of the molecule is CCC(C)C(NC(=O)C1(NC(=O)C(CCc2ccc(OP(=O)(O)O)cc2)NC(=O)O)CCc2[nH]c3c(Cl)cc(Cl)cc3c2C1)C(N)=O. The van der Waals surface area contributed by atoms with E-state index in [4.69, 9.17) is 38.7 Å². The molecule has 4 atom stereocenters. The molecule has 47 heavy (non-hydrogen) atoms. The molecule has 0 saturated carbocycles. The summed E-state index contributed by atoms with van der Waals surface area (Å²) in [4.78, 5) is 73.4. The molecule has 0 saturated heterocycles. The predicted octanol–water partition coefficient (Wildman–Crippen LogP) is 3.58. The van der Waals surface area contributed by atoms with Crippen LogP contribution in [-0.2, 0) is 38.2 Å². The van der Waals surface area contributed by atoms with E-state index < -0.39 is 49.3 Å². The number of benzene rings is 2. The van der Waals surface area contributed by atoms with E-state index in [2.05, 4.69) is 25.5 Å². The normalized spacial score (nSPS) is 18.0. The lowest BCUT2D eigenvalue weighted by Gasteiger charge is -2.39. The van der Waals surface area contributed by atoms with Gasteiger partial charge in [-0.2, -0.15) is 0 Å². The zero-order valence-corrected chi connectivity index (χ0v) is 27.9. The van der Waals surface area contributed by atoms with Crippen LogP contribution in [0.3, 0.4) is 0 Å². The van der Waals surface area contributed by atoms with Crippen molar-refractivity contribution in [3.05, 3.63) is 63.3 Å². The Hall–Kier alpha value is -3.81. The monoisotopic (exact) mass is 711 g/mol. The van der Waals surface area contributed by atoms with Gasteiger partial charge in [-0.1, -0.05) is 55.6 Å². The molecule has 4 unspecified atom stereocenters. The summed E-state index contributed by atoms with van der Waals surface area (Å²) in [6.45, 7) is 3.61. The smallest absolute Gasteiger partial charge is 0.465 e. The number of phosphoric ester groups is 1. The highest BCUT2D eigenvalue weighted by molar-refractivity contribution is 7.46. The predicted molar refractivity (Wildman–Crippen MR) is 174 cm³/mol. The number of halogens is 2. The van der Waals surface area contributed by atoms with Gasteiger partial charge in [0.15, 0.2) is 0 Å². The van der Waals surface area contributed by atoms with E-state index in [1.54, 1.807) is 19.1 Å². The maximum absolute atomic E-state index is 14.1. The Kier molecular flexibility index (Phi) is 11.1. The van der Waals surface area contributed by atoms with Gasteiger partial charge in [-0.25, -0.2) is 9.36 Å². The summed E-state index contributed by atoms with van der Waals surface area (Å²) in [5.41, 5.74) is 6.74. The Balaban J connectivity index is 1.65. The molecule has 3 aromatic rings. The van der Waals surface area contributed by atoms with Gasteiger partial charge in [0.05, 0.1) is 10.5 Å². The minimum Gasteiger partial charge on any atom is -0.465 e. The molecule has 4 rings (SSSR count). The number of H-pyrrole nitrogens is 1. The van der Waals surface area contributed by atoms with Crippen molar-refractivity contribution in [3.8, 4) is 5.75 Å². The van der Waals surface area contributed by atoms with Gasteiger partial charge in [0, 0.05) is 22.5 Å². The summed E-state index contributed by atoms with van der Waals surface area (Å²) >= 11 is 12.7. The molecule has 0 fully saturated rings. The number of rotatable bonds is 13. The summed E-state index contributed by atoms with van der Waals surface area (Å²) in [7, 11) is -4.75. The third-order valence-corrected chi connectivity index (χ3v) is 9.35. The molecule has 0 bridgehead atoms. The molecular weight excluding hydrogens is 676 g/mol. The molecule has 14 nitrogen and oxygen atoms in total. The van der Waals surface area contributed by atoms with Gasteiger partial charge in [0.25, 0.3) is 0 Å². The largest absolute Gasteiger partial charge is 0.524 e. The second kappa shape index (κ2) is 14.5. The van der Waals surface area contributed by atoms with Crippen LogP contribution in [0.4, 0.5) is 4.79 Å². The maximum Gasteiger partial charge on any atom is 0.524 e. The second-order valence-electron chi connectivity index (χ2n) is 11.6. The number of aromatic nitrogens is 1. The van der Waals surface area contributed by atoms with Crippen LogP contribution in [0.1, 0.15) is 49.9 Å². The van der Waals surface area contributed by atoms with E-state index >= 15 is 0 Å². The minimum atomic E-state index is -4.75. The van der Waals surface area contributed by atoms with Crippen LogP contribution >= 0.6 is 31.0 Å². The second-order valence-corrected chi connectivity index (χ2v) is 13.7. The quantitative estimate of drug-likeness (QED) is 0.121. The van der Waals surface area contributed by atoms with E-state index in [1.165, 1.54) is 24.3 Å². The van der Waals surface area contributed by atoms with Crippen molar-refractivity contribution >= 4 is 65.7 Å². The number of fused-ring (bicyclic) bond motifs is 3. The average molecular weight is 713 g/mol. The number of nitrogens with two attached hydrogens (primary N) is 1. The topological polar surface area (TPSA) is 233 Å². The number of carbonyl (C=O) groups excluding carboxylic acids is 3. The summed E-state index contributed by atoms with van der Waals surface area (Å²) in [6, 6.07) is 6.65. The van der Waals surface area contributed by atoms with E-state index in [0.29, 0.717) is 44.9 Å². The lowest BCUT2D eigenvalue weighted by molar-refractivity contribution is -0.137. The van der Waals surface area contributed by atoms with Crippen molar-refractivity contribution in [2.75, 3.05) is 0 Å². The third kappa shape index (κ3) is 8.76. The zero-order valence-electron chi connectivity index (χ0n) is 25.5. The van der Waals surface area contributed by atoms with E-state index in [0.717, 1.165) is 5.69 Å². The number of aromatic amines is 1. The molecule has 0 radical (unpaired) electrons. The van der Waals surface area contributed by atoms with E-state index in [9.17, 15) is 28.8 Å². The molecule has 2 aromatic carbocycles. The Morgan fingerprint density at radius 3 is 2.40 bits per heavy atom. The van der Waals surface area contributed by atoms with E-state index in [1.807, 2.05) is 6.92 Å². The van der Waals surface area contributed by atoms with Crippen LogP contribution in [0, 0.1) is 5.92 Å². The molecule has 0 spiro atoms. The fourth-order valence-corrected chi connectivity index (χ4v) is 6.68. The molecule has 1 aliphatic rings. The zero-order chi connectivity index (χ0) is 34.7. The average Bonchev–Trinajstić information content (AvgIpc) is 3.34. The maximum atomic E-state index is 14.1. The summed E-state index contributed by atoms with van der Waals surface area (Å²) in [6.07, 6.45) is -0.411. The lowest BCUT2D eigenvalue weighted by Crippen LogP contribution is -2.66. The fourth-order valence-electron chi connectivity index (χ4n) is 5.74. The first kappa shape index (κ1) is 36.0. The first-order valence-corrected chi connectivity index (χ1v) is 17.0. The Morgan fingerprint density at radius 2 is 1.81 bits per heavy atom. The molecule has 1 aromatic heterocycles. The molecular formula is C30H36Cl2N5O9P.